The summed E-state index contributed by atoms with van der Waals surface area (Å²) in [5.74, 6) is -0.957. The van der Waals surface area contributed by atoms with E-state index in [9.17, 15) is 13.9 Å². The first kappa shape index (κ1) is 14.9. The average molecular weight is 343 g/mol. The number of methoxy groups -OCH3 is 1. The Morgan fingerprint density at radius 2 is 1.85 bits per heavy atom. The quantitative estimate of drug-likeness (QED) is 0.909. The third-order valence-corrected chi connectivity index (χ3v) is 3.48. The van der Waals surface area contributed by atoms with Gasteiger partial charge < -0.3 is 9.84 Å². The van der Waals surface area contributed by atoms with Gasteiger partial charge in [-0.2, -0.15) is 0 Å². The van der Waals surface area contributed by atoms with E-state index >= 15 is 0 Å². The molecule has 2 aromatic rings. The van der Waals surface area contributed by atoms with Crippen LogP contribution in [0.5, 0.6) is 5.75 Å². The van der Waals surface area contributed by atoms with E-state index in [1.807, 2.05) is 0 Å². The number of benzene rings is 2. The highest BCUT2D eigenvalue weighted by Gasteiger charge is 2.19. The van der Waals surface area contributed by atoms with Crippen molar-refractivity contribution in [2.45, 2.75) is 12.5 Å². The van der Waals surface area contributed by atoms with Crippen molar-refractivity contribution in [2.24, 2.45) is 0 Å². The Morgan fingerprint density at radius 1 is 1.20 bits per heavy atom. The number of aliphatic hydroxyl groups is 1. The molecule has 0 aliphatic heterocycles. The molecule has 0 radical (unpaired) electrons. The molecule has 2 aromatic carbocycles. The molecule has 2 rings (SSSR count). The van der Waals surface area contributed by atoms with Crippen molar-refractivity contribution >= 4 is 15.9 Å². The van der Waals surface area contributed by atoms with Crippen molar-refractivity contribution in [1.82, 2.24) is 0 Å². The number of halogens is 3. The van der Waals surface area contributed by atoms with Crippen LogP contribution in [0.2, 0.25) is 0 Å². The van der Waals surface area contributed by atoms with Gasteiger partial charge >= 0.3 is 0 Å². The second-order valence-corrected chi connectivity index (χ2v) is 5.23. The summed E-state index contributed by atoms with van der Waals surface area (Å²) in [6, 6.07) is 8.78. The summed E-state index contributed by atoms with van der Waals surface area (Å²) in [5.41, 5.74) is 0.339. The first-order valence-electron chi connectivity index (χ1n) is 5.97. The molecule has 0 aliphatic rings. The van der Waals surface area contributed by atoms with Crippen LogP contribution in [0.3, 0.4) is 0 Å². The van der Waals surface area contributed by atoms with Crippen LogP contribution >= 0.6 is 15.9 Å². The van der Waals surface area contributed by atoms with Crippen molar-refractivity contribution in [2.75, 3.05) is 7.11 Å². The molecule has 0 amide bonds. The number of hydrogen-bond acceptors (Lipinski definition) is 2. The predicted molar refractivity (Wildman–Crippen MR) is 75.7 cm³/mol. The maximum atomic E-state index is 13.6. The molecule has 0 aromatic heterocycles. The van der Waals surface area contributed by atoms with E-state index in [0.717, 1.165) is 16.6 Å². The molecule has 1 unspecified atom stereocenters. The molecule has 0 bridgehead atoms. The van der Waals surface area contributed by atoms with Crippen molar-refractivity contribution < 1.29 is 18.6 Å². The molecule has 1 N–H and O–H groups in total. The first-order valence-corrected chi connectivity index (χ1v) is 6.76. The molecule has 2 nitrogen and oxygen atoms in total. The topological polar surface area (TPSA) is 29.5 Å². The van der Waals surface area contributed by atoms with Crippen molar-refractivity contribution in [3.63, 3.8) is 0 Å². The molecule has 5 heteroatoms. The van der Waals surface area contributed by atoms with Gasteiger partial charge in [0.1, 0.15) is 17.4 Å². The Kier molecular flexibility index (Phi) is 4.73. The fourth-order valence-corrected chi connectivity index (χ4v) is 2.45. The first-order chi connectivity index (χ1) is 9.52. The number of rotatable bonds is 4. The second-order valence-electron chi connectivity index (χ2n) is 4.31. The summed E-state index contributed by atoms with van der Waals surface area (Å²) in [4.78, 5) is 0. The van der Waals surface area contributed by atoms with Crippen LogP contribution in [0.15, 0.2) is 40.9 Å². The summed E-state index contributed by atoms with van der Waals surface area (Å²) >= 11 is 3.32. The van der Waals surface area contributed by atoms with Crippen LogP contribution in [-0.4, -0.2) is 12.2 Å². The lowest BCUT2D eigenvalue weighted by molar-refractivity contribution is 0.167. The Labute approximate surface area is 124 Å². The van der Waals surface area contributed by atoms with Crippen molar-refractivity contribution in [3.05, 3.63) is 63.6 Å². The molecule has 0 saturated carbocycles. The molecule has 0 aliphatic carbocycles. The normalized spacial score (nSPS) is 12.2. The predicted octanol–water partition coefficient (Wildman–Crippen LogP) is 4.01. The minimum Gasteiger partial charge on any atom is -0.496 e. The zero-order valence-electron chi connectivity index (χ0n) is 10.7. The van der Waals surface area contributed by atoms with Crippen molar-refractivity contribution in [3.8, 4) is 5.75 Å². The molecule has 0 spiro atoms. The molecule has 106 valence electrons. The summed E-state index contributed by atoms with van der Waals surface area (Å²) in [6.07, 6.45) is -1.22. The standard InChI is InChI=1S/C15H13BrF2O2/c1-20-14-6-5-10(16)7-9(14)8-13(19)15-11(17)3-2-4-12(15)18/h2-7,13,19H,8H2,1H3. The van der Waals surface area contributed by atoms with Gasteiger partial charge in [0, 0.05) is 10.9 Å². The molecular weight excluding hydrogens is 330 g/mol. The van der Waals surface area contributed by atoms with E-state index in [-0.39, 0.29) is 12.0 Å². The third kappa shape index (κ3) is 3.16. The van der Waals surface area contributed by atoms with E-state index in [0.29, 0.717) is 11.3 Å². The van der Waals surface area contributed by atoms with Crippen LogP contribution in [0.1, 0.15) is 17.2 Å². The minimum absolute atomic E-state index is 0.0560. The van der Waals surface area contributed by atoms with Crippen LogP contribution in [0, 0.1) is 11.6 Å². The van der Waals surface area contributed by atoms with Gasteiger partial charge in [-0.15, -0.1) is 0 Å². The third-order valence-electron chi connectivity index (χ3n) is 2.99. The Hall–Kier alpha value is -1.46. The number of ether oxygens (including phenoxy) is 1. The van der Waals surface area contributed by atoms with Gasteiger partial charge in [0.15, 0.2) is 0 Å². The van der Waals surface area contributed by atoms with E-state index in [4.69, 9.17) is 4.74 Å². The van der Waals surface area contributed by atoms with Gasteiger partial charge in [-0.3, -0.25) is 0 Å². The lowest BCUT2D eigenvalue weighted by Gasteiger charge is -2.15. The molecule has 1 atom stereocenters. The van der Waals surface area contributed by atoms with Gasteiger partial charge in [0.25, 0.3) is 0 Å². The lowest BCUT2D eigenvalue weighted by atomic mass is 10.00. The van der Waals surface area contributed by atoms with E-state index in [2.05, 4.69) is 15.9 Å². The fourth-order valence-electron chi connectivity index (χ4n) is 2.05. The lowest BCUT2D eigenvalue weighted by Crippen LogP contribution is -2.08. The highest BCUT2D eigenvalue weighted by molar-refractivity contribution is 9.10. The van der Waals surface area contributed by atoms with E-state index < -0.39 is 17.7 Å². The fraction of sp³-hybridized carbons (Fsp3) is 0.200. The summed E-state index contributed by atoms with van der Waals surface area (Å²) in [5, 5.41) is 10.1. The average Bonchev–Trinajstić information content (AvgIpc) is 2.38. The minimum atomic E-state index is -1.28. The second kappa shape index (κ2) is 6.33. The van der Waals surface area contributed by atoms with Crippen molar-refractivity contribution in [1.29, 1.82) is 0 Å². The Bertz CT molecular complexity index is 597. The number of aliphatic hydroxyl groups excluding tert-OH is 1. The summed E-state index contributed by atoms with van der Waals surface area (Å²) in [7, 11) is 1.50. The Balaban J connectivity index is 2.32. The van der Waals surface area contributed by atoms with Crippen LogP contribution in [-0.2, 0) is 6.42 Å². The summed E-state index contributed by atoms with van der Waals surface area (Å²) in [6.45, 7) is 0. The Morgan fingerprint density at radius 3 is 2.45 bits per heavy atom. The smallest absolute Gasteiger partial charge is 0.131 e. The van der Waals surface area contributed by atoms with Crippen LogP contribution in [0.4, 0.5) is 8.78 Å². The molecule has 20 heavy (non-hydrogen) atoms. The summed E-state index contributed by atoms with van der Waals surface area (Å²) < 4.78 is 33.2. The zero-order chi connectivity index (χ0) is 14.7. The monoisotopic (exact) mass is 342 g/mol. The molecule has 0 heterocycles. The molecule has 0 fully saturated rings. The highest BCUT2D eigenvalue weighted by atomic mass is 79.9. The SMILES string of the molecule is COc1ccc(Br)cc1CC(O)c1c(F)cccc1F. The largest absolute Gasteiger partial charge is 0.496 e. The van der Waals surface area contributed by atoms with Gasteiger partial charge in [-0.05, 0) is 35.9 Å². The van der Waals surface area contributed by atoms with E-state index in [1.54, 1.807) is 18.2 Å². The zero-order valence-corrected chi connectivity index (χ0v) is 12.3. The van der Waals surface area contributed by atoms with Gasteiger partial charge in [-0.1, -0.05) is 22.0 Å². The van der Waals surface area contributed by atoms with Crippen LogP contribution < -0.4 is 4.74 Å². The van der Waals surface area contributed by atoms with Crippen LogP contribution in [0.25, 0.3) is 0 Å². The highest BCUT2D eigenvalue weighted by Crippen LogP contribution is 2.29. The molecule has 0 saturated heterocycles. The van der Waals surface area contributed by atoms with Gasteiger partial charge in [0.05, 0.1) is 18.8 Å². The molecular formula is C15H13BrF2O2. The number of hydrogen-bond donors (Lipinski definition) is 1. The maximum absolute atomic E-state index is 13.6. The maximum Gasteiger partial charge on any atom is 0.131 e. The van der Waals surface area contributed by atoms with Gasteiger partial charge in [0.2, 0.25) is 0 Å². The van der Waals surface area contributed by atoms with E-state index in [1.165, 1.54) is 13.2 Å². The van der Waals surface area contributed by atoms with Gasteiger partial charge in [-0.25, -0.2) is 8.78 Å².